The molecule has 5 nitrogen and oxygen atoms in total. The van der Waals surface area contributed by atoms with Gasteiger partial charge in [-0.25, -0.2) is 0 Å². The number of allylic oxidation sites excluding steroid dienone is 1. The minimum atomic E-state index is -0.0927. The molecule has 1 heterocycles. The first-order valence-corrected chi connectivity index (χ1v) is 9.11. The van der Waals surface area contributed by atoms with Crippen LogP contribution < -0.4 is 9.47 Å². The second-order valence-corrected chi connectivity index (χ2v) is 6.74. The third-order valence-corrected chi connectivity index (χ3v) is 4.60. The van der Waals surface area contributed by atoms with Gasteiger partial charge in [0, 0.05) is 18.8 Å². The number of methoxy groups -OCH3 is 1. The predicted molar refractivity (Wildman–Crippen MR) is 108 cm³/mol. The molecule has 0 N–H and O–H groups in total. The molecule has 0 aliphatic rings. The molecule has 6 heteroatoms. The number of ketones is 1. The Bertz CT molecular complexity index is 979. The first kappa shape index (κ1) is 18.9. The average molecular weight is 427 g/mol. The molecule has 0 bridgehead atoms. The molecule has 0 aliphatic heterocycles. The van der Waals surface area contributed by atoms with Gasteiger partial charge >= 0.3 is 0 Å². The van der Waals surface area contributed by atoms with Crippen molar-refractivity contribution in [3.8, 4) is 11.5 Å². The molecule has 0 fully saturated rings. The van der Waals surface area contributed by atoms with Crippen molar-refractivity contribution >= 4 is 27.8 Å². The van der Waals surface area contributed by atoms with Crippen LogP contribution in [0.15, 0.2) is 65.4 Å². The zero-order valence-electron chi connectivity index (χ0n) is 15.1. The fourth-order valence-electron chi connectivity index (χ4n) is 2.55. The summed E-state index contributed by atoms with van der Waals surface area (Å²) in [6.45, 7) is 0.351. The van der Waals surface area contributed by atoms with E-state index < -0.39 is 0 Å². The van der Waals surface area contributed by atoms with Crippen molar-refractivity contribution in [3.63, 3.8) is 0 Å². The zero-order valence-corrected chi connectivity index (χ0v) is 16.6. The number of hydrogen-bond acceptors (Lipinski definition) is 4. The average Bonchev–Trinajstić information content (AvgIpc) is 3.12. The van der Waals surface area contributed by atoms with E-state index in [-0.39, 0.29) is 5.78 Å². The molecule has 2 aromatic carbocycles. The molecule has 0 aliphatic carbocycles. The van der Waals surface area contributed by atoms with Crippen LogP contribution in [0.3, 0.4) is 0 Å². The molecule has 27 heavy (non-hydrogen) atoms. The van der Waals surface area contributed by atoms with Crippen molar-refractivity contribution in [3.05, 3.63) is 82.1 Å². The Hall–Kier alpha value is -2.86. The van der Waals surface area contributed by atoms with Gasteiger partial charge in [-0.2, -0.15) is 5.10 Å². The van der Waals surface area contributed by atoms with Crippen molar-refractivity contribution in [2.24, 2.45) is 7.05 Å². The molecule has 0 radical (unpaired) electrons. The number of nitrogens with zero attached hydrogens (tertiary/aromatic N) is 2. The maximum atomic E-state index is 12.2. The summed E-state index contributed by atoms with van der Waals surface area (Å²) in [5.74, 6) is 1.40. The summed E-state index contributed by atoms with van der Waals surface area (Å²) in [7, 11) is 3.40. The molecule has 1 aromatic heterocycles. The van der Waals surface area contributed by atoms with Gasteiger partial charge < -0.3 is 9.47 Å². The summed E-state index contributed by atoms with van der Waals surface area (Å²) in [6.07, 6.45) is 6.56. The first-order chi connectivity index (χ1) is 13.1. The number of benzene rings is 2. The molecule has 0 unspecified atom stereocenters. The van der Waals surface area contributed by atoms with Gasteiger partial charge in [0.15, 0.2) is 5.78 Å². The van der Waals surface area contributed by atoms with Crippen LogP contribution in [0.4, 0.5) is 0 Å². The Labute approximate surface area is 166 Å². The summed E-state index contributed by atoms with van der Waals surface area (Å²) in [4.78, 5) is 12.2. The van der Waals surface area contributed by atoms with E-state index in [9.17, 15) is 4.79 Å². The van der Waals surface area contributed by atoms with Gasteiger partial charge in [0.2, 0.25) is 0 Å². The van der Waals surface area contributed by atoms with Crippen molar-refractivity contribution in [1.82, 2.24) is 9.78 Å². The fourth-order valence-corrected chi connectivity index (χ4v) is 2.95. The molecular formula is C21H19BrN2O3. The van der Waals surface area contributed by atoms with Gasteiger partial charge in [0.25, 0.3) is 0 Å². The van der Waals surface area contributed by atoms with Gasteiger partial charge in [-0.05, 0) is 51.8 Å². The molecular weight excluding hydrogens is 408 g/mol. The van der Waals surface area contributed by atoms with E-state index >= 15 is 0 Å². The van der Waals surface area contributed by atoms with E-state index in [0.29, 0.717) is 12.2 Å². The van der Waals surface area contributed by atoms with Gasteiger partial charge in [-0.15, -0.1) is 0 Å². The number of carbonyl (C=O) groups excluding carboxylic acids is 1. The van der Waals surface area contributed by atoms with Crippen LogP contribution in [0.25, 0.3) is 6.08 Å². The van der Waals surface area contributed by atoms with Crippen LogP contribution in [-0.4, -0.2) is 22.7 Å². The number of halogens is 1. The van der Waals surface area contributed by atoms with Gasteiger partial charge in [-0.3, -0.25) is 9.48 Å². The highest BCUT2D eigenvalue weighted by Gasteiger charge is 2.08. The highest BCUT2D eigenvalue weighted by atomic mass is 79.9. The maximum absolute atomic E-state index is 12.2. The Morgan fingerprint density at radius 3 is 2.74 bits per heavy atom. The zero-order chi connectivity index (χ0) is 19.2. The van der Waals surface area contributed by atoms with E-state index in [4.69, 9.17) is 9.47 Å². The third kappa shape index (κ3) is 4.86. The highest BCUT2D eigenvalue weighted by molar-refractivity contribution is 9.10. The number of carbonyl (C=O) groups is 1. The summed E-state index contributed by atoms with van der Waals surface area (Å²) >= 11 is 3.47. The number of rotatable bonds is 7. The molecule has 138 valence electrons. The molecule has 0 spiro atoms. The lowest BCUT2D eigenvalue weighted by molar-refractivity contribution is 0.104. The summed E-state index contributed by atoms with van der Waals surface area (Å²) < 4.78 is 13.8. The Morgan fingerprint density at radius 2 is 2.04 bits per heavy atom. The van der Waals surface area contributed by atoms with Crippen LogP contribution in [-0.2, 0) is 13.7 Å². The second kappa shape index (κ2) is 8.68. The lowest BCUT2D eigenvalue weighted by Crippen LogP contribution is -2.00. The molecule has 3 aromatic rings. The number of ether oxygens (including phenoxy) is 2. The van der Waals surface area contributed by atoms with Gasteiger partial charge in [-0.1, -0.05) is 24.3 Å². The van der Waals surface area contributed by atoms with Crippen molar-refractivity contribution < 1.29 is 14.3 Å². The molecule has 0 saturated carbocycles. The third-order valence-electron chi connectivity index (χ3n) is 3.94. The maximum Gasteiger partial charge on any atom is 0.189 e. The smallest absolute Gasteiger partial charge is 0.189 e. The van der Waals surface area contributed by atoms with Crippen LogP contribution in [0.2, 0.25) is 0 Å². The minimum absolute atomic E-state index is 0.0927. The van der Waals surface area contributed by atoms with E-state index in [1.807, 2.05) is 42.5 Å². The molecule has 0 saturated heterocycles. The topological polar surface area (TPSA) is 53.3 Å². The molecule has 0 atom stereocenters. The van der Waals surface area contributed by atoms with Gasteiger partial charge in [0.05, 0.1) is 23.3 Å². The van der Waals surface area contributed by atoms with Crippen molar-refractivity contribution in [2.45, 2.75) is 6.61 Å². The minimum Gasteiger partial charge on any atom is -0.496 e. The van der Waals surface area contributed by atoms with Crippen LogP contribution in [0.1, 0.15) is 21.5 Å². The molecule has 0 amide bonds. The number of aryl methyl sites for hydroxylation is 1. The predicted octanol–water partition coefficient (Wildman–Crippen LogP) is 4.67. The van der Waals surface area contributed by atoms with E-state index in [2.05, 4.69) is 21.0 Å². The number of hydrogen-bond donors (Lipinski definition) is 0. The normalized spacial score (nSPS) is 10.9. The summed E-state index contributed by atoms with van der Waals surface area (Å²) in [5.41, 5.74) is 2.34. The number of aromatic nitrogens is 2. The Morgan fingerprint density at radius 1 is 1.22 bits per heavy atom. The lowest BCUT2D eigenvalue weighted by Gasteiger charge is -2.12. The van der Waals surface area contributed by atoms with Crippen LogP contribution in [0.5, 0.6) is 11.5 Å². The van der Waals surface area contributed by atoms with Crippen LogP contribution in [0, 0.1) is 0 Å². The second-order valence-electron chi connectivity index (χ2n) is 5.89. The van der Waals surface area contributed by atoms with E-state index in [1.54, 1.807) is 37.3 Å². The van der Waals surface area contributed by atoms with Crippen molar-refractivity contribution in [1.29, 1.82) is 0 Å². The highest BCUT2D eigenvalue weighted by Crippen LogP contribution is 2.27. The largest absolute Gasteiger partial charge is 0.496 e. The first-order valence-electron chi connectivity index (χ1n) is 8.32. The van der Waals surface area contributed by atoms with Crippen molar-refractivity contribution in [2.75, 3.05) is 7.11 Å². The van der Waals surface area contributed by atoms with Crippen LogP contribution >= 0.6 is 15.9 Å². The fraction of sp³-hybridized carbons (Fsp3) is 0.143. The summed E-state index contributed by atoms with van der Waals surface area (Å²) in [6, 6.07) is 13.4. The number of para-hydroxylation sites is 1. The Balaban J connectivity index is 1.75. The Kier molecular flexibility index (Phi) is 6.08. The van der Waals surface area contributed by atoms with E-state index in [0.717, 1.165) is 27.1 Å². The quantitative estimate of drug-likeness (QED) is 0.406. The van der Waals surface area contributed by atoms with E-state index in [1.165, 1.54) is 6.08 Å². The summed E-state index contributed by atoms with van der Waals surface area (Å²) in [5, 5.41) is 4.01. The SMILES string of the molecule is COc1ccc(/C=C/C(=O)c2cnn(C)c2)cc1COc1ccccc1Br. The lowest BCUT2D eigenvalue weighted by atomic mass is 10.1. The monoisotopic (exact) mass is 426 g/mol. The molecule has 3 rings (SSSR count). The standard InChI is InChI=1S/C21H19BrN2O3/c1-24-13-17(12-23-24)19(25)9-7-15-8-10-20(26-2)16(11-15)14-27-21-6-4-3-5-18(21)22/h3-13H,14H2,1-2H3/b9-7+. The van der Waals surface area contributed by atoms with Gasteiger partial charge in [0.1, 0.15) is 18.1 Å².